The molecule has 0 fully saturated rings. The van der Waals surface area contributed by atoms with Gasteiger partial charge in [-0.2, -0.15) is 0 Å². The monoisotopic (exact) mass is 235 g/mol. The Morgan fingerprint density at radius 3 is 0.750 bits per heavy atom. The Balaban J connectivity index is 0. The van der Waals surface area contributed by atoms with Crippen molar-refractivity contribution in [2.45, 2.75) is 0 Å². The molecule has 0 heterocycles. The van der Waals surface area contributed by atoms with Crippen molar-refractivity contribution in [3.05, 3.63) is 0 Å². The van der Waals surface area contributed by atoms with Gasteiger partial charge in [0.15, 0.2) is 0 Å². The Hall–Kier alpha value is 2.03. The van der Waals surface area contributed by atoms with Gasteiger partial charge in [0.1, 0.15) is 0 Å². The van der Waals surface area contributed by atoms with Crippen LogP contribution in [0.2, 0.25) is 0 Å². The molecule has 39 valence electrons. The van der Waals surface area contributed by atoms with E-state index in [1.165, 1.54) is 0 Å². The molecule has 0 aliphatic heterocycles. The summed E-state index contributed by atoms with van der Waals surface area (Å²) in [5, 5.41) is 0. The fourth-order valence-corrected chi connectivity index (χ4v) is 0. The third kappa shape index (κ3) is 8.98. The molecule has 0 saturated carbocycles. The van der Waals surface area contributed by atoms with E-state index in [4.69, 9.17) is 0 Å². The second kappa shape index (κ2) is 19.8. The first-order chi connectivity index (χ1) is 0. The van der Waals surface area contributed by atoms with Crippen LogP contribution in [0.1, 0.15) is 0 Å². The molecule has 0 bridgehead atoms. The third-order valence-corrected chi connectivity index (χ3v) is 0. The molecule has 0 nitrogen and oxygen atoms in total. The average molecular weight is 237 g/mol. The Morgan fingerprint density at radius 1 is 0.750 bits per heavy atom. The van der Waals surface area contributed by atoms with Crippen LogP contribution < -0.4 is 0 Å². The van der Waals surface area contributed by atoms with Gasteiger partial charge in [0.25, 0.3) is 0 Å². The van der Waals surface area contributed by atoms with Crippen LogP contribution in [0.5, 0.6) is 0 Å². The first kappa shape index (κ1) is 37.1. The zero-order valence-electron chi connectivity index (χ0n) is 1.29. The van der Waals surface area contributed by atoms with Crippen molar-refractivity contribution in [2.75, 3.05) is 0 Å². The Kier molecular flexibility index (Phi) is 184. The van der Waals surface area contributed by atoms with Crippen LogP contribution in [0.3, 0.4) is 0 Å². The van der Waals surface area contributed by atoms with E-state index < -0.39 is 0 Å². The van der Waals surface area contributed by atoms with Gasteiger partial charge in [0, 0.05) is 67.1 Å². The predicted molar refractivity (Wildman–Crippen MR) is 0 cm³/mol. The molecule has 4 heteroatoms. The molecule has 0 unspecified atom stereocenters. The third-order valence-electron chi connectivity index (χ3n) is 0. The van der Waals surface area contributed by atoms with E-state index in [2.05, 4.69) is 0 Å². The van der Waals surface area contributed by atoms with Crippen molar-refractivity contribution in [1.82, 2.24) is 0 Å². The summed E-state index contributed by atoms with van der Waals surface area (Å²) in [4.78, 5) is 0. The van der Waals surface area contributed by atoms with Crippen molar-refractivity contribution >= 4 is 0 Å². The Labute approximate surface area is 66.7 Å². The van der Waals surface area contributed by atoms with Gasteiger partial charge in [-0.05, 0) is 0 Å². The summed E-state index contributed by atoms with van der Waals surface area (Å²) in [5.41, 5.74) is 0. The molecule has 0 saturated heterocycles. The van der Waals surface area contributed by atoms with Crippen LogP contribution in [-0.4, -0.2) is 0 Å². The summed E-state index contributed by atoms with van der Waals surface area (Å²) in [6, 6.07) is 0. The molecule has 0 aromatic heterocycles. The normalized spacial score (nSPS) is 0. The maximum absolute atomic E-state index is 0. The van der Waals surface area contributed by atoms with Gasteiger partial charge in [-0.3, -0.25) is 0 Å². The zero-order chi connectivity index (χ0) is 0. The van der Waals surface area contributed by atoms with Crippen LogP contribution in [-0.2, 0) is 67.1 Å². The summed E-state index contributed by atoms with van der Waals surface area (Å²) in [5.74, 6) is 0. The minimum atomic E-state index is 0. The van der Waals surface area contributed by atoms with Gasteiger partial charge in [-0.1, -0.05) is 0 Å². The van der Waals surface area contributed by atoms with Gasteiger partial charge < -0.3 is 0 Å². The zero-order valence-corrected chi connectivity index (χ0v) is 5.31. The van der Waals surface area contributed by atoms with E-state index >= 15 is 0 Å². The van der Waals surface area contributed by atoms with Gasteiger partial charge >= 0.3 is 0 Å². The van der Waals surface area contributed by atoms with Crippen molar-refractivity contribution in [3.63, 3.8) is 0 Å². The standard InChI is InChI=1S/Cu.Fe.2Ni. The molecular formula is CuFeNi2. The number of rotatable bonds is 0. The molecule has 1 radical (unpaired) electrons. The summed E-state index contributed by atoms with van der Waals surface area (Å²) in [7, 11) is 0. The van der Waals surface area contributed by atoms with E-state index in [9.17, 15) is 0 Å². The van der Waals surface area contributed by atoms with Crippen molar-refractivity contribution in [2.24, 2.45) is 0 Å². The molecule has 0 aliphatic carbocycles. The van der Waals surface area contributed by atoms with Crippen molar-refractivity contribution < 1.29 is 67.1 Å². The number of hydrogen-bond acceptors (Lipinski definition) is 0. The summed E-state index contributed by atoms with van der Waals surface area (Å²) >= 11 is 0. The molecule has 0 spiro atoms. The van der Waals surface area contributed by atoms with Crippen LogP contribution in [0, 0.1) is 0 Å². The van der Waals surface area contributed by atoms with Gasteiger partial charge in [-0.15, -0.1) is 0 Å². The molecule has 0 N–H and O–H groups in total. The first-order valence-corrected chi connectivity index (χ1v) is 0. The van der Waals surface area contributed by atoms with E-state index in [0.29, 0.717) is 0 Å². The largest absolute Gasteiger partial charge is 0 e. The molecule has 0 aromatic rings. The SMILES string of the molecule is [Cu].[Fe].[Ni].[Ni]. The molecule has 0 amide bonds. The maximum atomic E-state index is 0. The smallest absolute Gasteiger partial charge is 0 e. The van der Waals surface area contributed by atoms with Gasteiger partial charge in [0.2, 0.25) is 0 Å². The van der Waals surface area contributed by atoms with Crippen LogP contribution in [0.15, 0.2) is 0 Å². The molecule has 0 rings (SSSR count). The Bertz CT molecular complexity index is 6.00. The second-order valence-electron chi connectivity index (χ2n) is 0. The van der Waals surface area contributed by atoms with E-state index in [-0.39, 0.29) is 67.1 Å². The van der Waals surface area contributed by atoms with E-state index in [1.807, 2.05) is 0 Å². The van der Waals surface area contributed by atoms with E-state index in [1.54, 1.807) is 0 Å². The second-order valence-corrected chi connectivity index (χ2v) is 0. The Morgan fingerprint density at radius 2 is 0.750 bits per heavy atom. The minimum Gasteiger partial charge on any atom is 0 e. The minimum absolute atomic E-state index is 0. The maximum Gasteiger partial charge on any atom is 0 e. The fraction of sp³-hybridized carbons (Fsp3) is 0. The van der Waals surface area contributed by atoms with Crippen LogP contribution in [0.25, 0.3) is 0 Å². The van der Waals surface area contributed by atoms with Gasteiger partial charge in [0.05, 0.1) is 0 Å². The predicted octanol–water partition coefficient (Wildman–Crippen LogP) is -0.0100. The summed E-state index contributed by atoms with van der Waals surface area (Å²) < 4.78 is 0. The first-order valence-electron chi connectivity index (χ1n) is 0. The molecule has 0 aromatic carbocycles. The average Bonchev–Trinajstić information content (AvgIpc) is 0. The molecular weight excluding hydrogens is 237 g/mol. The van der Waals surface area contributed by atoms with Crippen LogP contribution in [0.4, 0.5) is 0 Å². The van der Waals surface area contributed by atoms with Gasteiger partial charge in [-0.25, -0.2) is 0 Å². The summed E-state index contributed by atoms with van der Waals surface area (Å²) in [6.45, 7) is 0. The quantitative estimate of drug-likeness (QED) is 0.519. The van der Waals surface area contributed by atoms with Crippen LogP contribution >= 0.6 is 0 Å². The molecule has 0 atom stereocenters. The van der Waals surface area contributed by atoms with Crippen molar-refractivity contribution in [3.8, 4) is 0 Å². The van der Waals surface area contributed by atoms with E-state index in [0.717, 1.165) is 0 Å². The molecule has 4 heavy (non-hydrogen) atoms. The number of hydrogen-bond donors (Lipinski definition) is 0. The summed E-state index contributed by atoms with van der Waals surface area (Å²) in [6.07, 6.45) is 0. The fourth-order valence-electron chi connectivity index (χ4n) is 0. The topological polar surface area (TPSA) is 0 Å². The molecule has 0 aliphatic rings. The van der Waals surface area contributed by atoms with Crippen molar-refractivity contribution in [1.29, 1.82) is 0 Å².